The van der Waals surface area contributed by atoms with Crippen LogP contribution in [0.4, 0.5) is 4.79 Å². The van der Waals surface area contributed by atoms with Gasteiger partial charge in [-0.15, -0.1) is 0 Å². The predicted molar refractivity (Wildman–Crippen MR) is 79.0 cm³/mol. The highest BCUT2D eigenvalue weighted by molar-refractivity contribution is 5.74. The molecule has 0 heterocycles. The molecular formula is C15H24N2O3. The van der Waals surface area contributed by atoms with Gasteiger partial charge >= 0.3 is 6.03 Å². The normalized spacial score (nSPS) is 11.8. The number of methoxy groups -OCH3 is 1. The standard InChI is InChI=1S/C15H24N2O3/c1-12(11-18)17(2)15(19)16-9-5-7-13-6-4-8-14(10-13)20-3/h4,6,8,10,12,18H,5,7,9,11H2,1-3H3,(H,16,19). The molecule has 0 saturated carbocycles. The van der Waals surface area contributed by atoms with Gasteiger partial charge in [-0.1, -0.05) is 12.1 Å². The average Bonchev–Trinajstić information content (AvgIpc) is 2.49. The summed E-state index contributed by atoms with van der Waals surface area (Å²) in [5.41, 5.74) is 1.19. The predicted octanol–water partition coefficient (Wildman–Crippen LogP) is 1.65. The third-order valence-electron chi connectivity index (χ3n) is 3.30. The van der Waals surface area contributed by atoms with Crippen molar-refractivity contribution in [1.29, 1.82) is 0 Å². The lowest BCUT2D eigenvalue weighted by Crippen LogP contribution is -2.44. The summed E-state index contributed by atoms with van der Waals surface area (Å²) in [6.45, 7) is 2.38. The molecule has 1 aromatic carbocycles. The molecule has 5 nitrogen and oxygen atoms in total. The van der Waals surface area contributed by atoms with E-state index in [2.05, 4.69) is 5.32 Å². The van der Waals surface area contributed by atoms with Gasteiger partial charge in [0.1, 0.15) is 5.75 Å². The van der Waals surface area contributed by atoms with E-state index < -0.39 is 0 Å². The maximum Gasteiger partial charge on any atom is 0.317 e. The number of rotatable bonds is 7. The van der Waals surface area contributed by atoms with Crippen molar-refractivity contribution >= 4 is 6.03 Å². The van der Waals surface area contributed by atoms with Gasteiger partial charge in [-0.3, -0.25) is 0 Å². The molecule has 0 aliphatic rings. The van der Waals surface area contributed by atoms with Crippen LogP contribution in [0.1, 0.15) is 18.9 Å². The first-order chi connectivity index (χ1) is 9.58. The highest BCUT2D eigenvalue weighted by atomic mass is 16.5. The van der Waals surface area contributed by atoms with Gasteiger partial charge in [0, 0.05) is 13.6 Å². The number of nitrogens with zero attached hydrogens (tertiary/aromatic N) is 1. The maximum absolute atomic E-state index is 11.7. The maximum atomic E-state index is 11.7. The zero-order chi connectivity index (χ0) is 15.0. The molecule has 2 N–H and O–H groups in total. The van der Waals surface area contributed by atoms with Gasteiger partial charge in [-0.2, -0.15) is 0 Å². The largest absolute Gasteiger partial charge is 0.497 e. The van der Waals surface area contributed by atoms with Crippen molar-refractivity contribution in [3.8, 4) is 5.75 Å². The molecule has 5 heteroatoms. The first-order valence-corrected chi connectivity index (χ1v) is 6.83. The van der Waals surface area contributed by atoms with Crippen LogP contribution in [0.15, 0.2) is 24.3 Å². The Morgan fingerprint density at radius 3 is 2.90 bits per heavy atom. The number of benzene rings is 1. The number of carbonyl (C=O) groups is 1. The van der Waals surface area contributed by atoms with Crippen LogP contribution in [0.25, 0.3) is 0 Å². The smallest absolute Gasteiger partial charge is 0.317 e. The first-order valence-electron chi connectivity index (χ1n) is 6.83. The van der Waals surface area contributed by atoms with E-state index in [-0.39, 0.29) is 18.7 Å². The molecule has 0 bridgehead atoms. The number of hydrogen-bond acceptors (Lipinski definition) is 3. The van der Waals surface area contributed by atoms with Gasteiger partial charge in [-0.05, 0) is 37.5 Å². The zero-order valence-electron chi connectivity index (χ0n) is 12.4. The molecule has 2 amide bonds. The highest BCUT2D eigenvalue weighted by Gasteiger charge is 2.13. The SMILES string of the molecule is COc1cccc(CCCNC(=O)N(C)C(C)CO)c1. The Kier molecular flexibility index (Phi) is 6.87. The van der Waals surface area contributed by atoms with Crippen LogP contribution in [0.2, 0.25) is 0 Å². The van der Waals surface area contributed by atoms with Gasteiger partial charge in [0.15, 0.2) is 0 Å². The van der Waals surface area contributed by atoms with Crippen molar-refractivity contribution in [2.45, 2.75) is 25.8 Å². The average molecular weight is 280 g/mol. The number of hydrogen-bond donors (Lipinski definition) is 2. The van der Waals surface area contributed by atoms with E-state index in [0.29, 0.717) is 6.54 Å². The van der Waals surface area contributed by atoms with E-state index in [1.54, 1.807) is 21.1 Å². The topological polar surface area (TPSA) is 61.8 Å². The number of urea groups is 1. The molecule has 20 heavy (non-hydrogen) atoms. The Bertz CT molecular complexity index is 423. The second kappa shape index (κ2) is 8.43. The molecule has 1 unspecified atom stereocenters. The lowest BCUT2D eigenvalue weighted by molar-refractivity contribution is 0.157. The van der Waals surface area contributed by atoms with E-state index in [0.717, 1.165) is 18.6 Å². The quantitative estimate of drug-likeness (QED) is 0.747. The Balaban J connectivity index is 2.29. The van der Waals surface area contributed by atoms with E-state index in [9.17, 15) is 4.79 Å². The van der Waals surface area contributed by atoms with Crippen LogP contribution in [-0.4, -0.2) is 49.4 Å². The van der Waals surface area contributed by atoms with Gasteiger partial charge in [0.25, 0.3) is 0 Å². The van der Waals surface area contributed by atoms with Crippen LogP contribution < -0.4 is 10.1 Å². The summed E-state index contributed by atoms with van der Waals surface area (Å²) in [5.74, 6) is 0.850. The lowest BCUT2D eigenvalue weighted by atomic mass is 10.1. The minimum absolute atomic E-state index is 0.0340. The number of aliphatic hydroxyl groups excluding tert-OH is 1. The lowest BCUT2D eigenvalue weighted by Gasteiger charge is -2.23. The van der Waals surface area contributed by atoms with Gasteiger partial charge in [0.05, 0.1) is 19.8 Å². The number of ether oxygens (including phenoxy) is 1. The fraction of sp³-hybridized carbons (Fsp3) is 0.533. The summed E-state index contributed by atoms with van der Waals surface area (Å²) in [7, 11) is 3.33. The van der Waals surface area contributed by atoms with E-state index in [1.165, 1.54) is 10.5 Å². The number of amides is 2. The van der Waals surface area contributed by atoms with Crippen molar-refractivity contribution in [2.24, 2.45) is 0 Å². The Morgan fingerprint density at radius 2 is 2.25 bits per heavy atom. The molecular weight excluding hydrogens is 256 g/mol. The number of aryl methyl sites for hydroxylation is 1. The minimum atomic E-state index is -0.173. The summed E-state index contributed by atoms with van der Waals surface area (Å²) in [5, 5.41) is 11.8. The second-order valence-electron chi connectivity index (χ2n) is 4.83. The van der Waals surface area contributed by atoms with E-state index in [1.807, 2.05) is 24.3 Å². The molecule has 0 saturated heterocycles. The Hall–Kier alpha value is -1.75. The molecule has 0 radical (unpaired) electrons. The summed E-state index contributed by atoms with van der Waals surface area (Å²) < 4.78 is 5.17. The Morgan fingerprint density at radius 1 is 1.50 bits per heavy atom. The monoisotopic (exact) mass is 280 g/mol. The summed E-state index contributed by atoms with van der Waals surface area (Å²) >= 11 is 0. The molecule has 112 valence electrons. The number of likely N-dealkylation sites (N-methyl/N-ethyl adjacent to an activating group) is 1. The van der Waals surface area contributed by atoms with Crippen molar-refractivity contribution in [3.63, 3.8) is 0 Å². The van der Waals surface area contributed by atoms with E-state index >= 15 is 0 Å². The van der Waals surface area contributed by atoms with E-state index in [4.69, 9.17) is 9.84 Å². The molecule has 1 rings (SSSR count). The van der Waals surface area contributed by atoms with Crippen LogP contribution in [-0.2, 0) is 6.42 Å². The zero-order valence-corrected chi connectivity index (χ0v) is 12.4. The second-order valence-corrected chi connectivity index (χ2v) is 4.83. The summed E-state index contributed by atoms with van der Waals surface area (Å²) in [6.07, 6.45) is 1.75. The molecule has 0 fully saturated rings. The first kappa shape index (κ1) is 16.3. The highest BCUT2D eigenvalue weighted by Crippen LogP contribution is 2.13. The van der Waals surface area contributed by atoms with Crippen LogP contribution in [0.5, 0.6) is 5.75 Å². The molecule has 0 aliphatic carbocycles. The Labute approximate surface area is 120 Å². The molecule has 1 aromatic rings. The van der Waals surface area contributed by atoms with Crippen molar-refractivity contribution < 1.29 is 14.6 Å². The molecule has 1 atom stereocenters. The molecule has 0 aliphatic heterocycles. The van der Waals surface area contributed by atoms with Gasteiger partial charge < -0.3 is 20.1 Å². The molecule has 0 spiro atoms. The fourth-order valence-corrected chi connectivity index (χ4v) is 1.76. The van der Waals surface area contributed by atoms with Gasteiger partial charge in [-0.25, -0.2) is 4.79 Å². The number of carbonyl (C=O) groups excluding carboxylic acids is 1. The van der Waals surface area contributed by atoms with Crippen LogP contribution in [0, 0.1) is 0 Å². The summed E-state index contributed by atoms with van der Waals surface area (Å²) in [6, 6.07) is 7.59. The van der Waals surface area contributed by atoms with Crippen molar-refractivity contribution in [2.75, 3.05) is 27.3 Å². The third kappa shape index (κ3) is 5.09. The van der Waals surface area contributed by atoms with Crippen LogP contribution in [0.3, 0.4) is 0 Å². The molecule has 0 aromatic heterocycles. The van der Waals surface area contributed by atoms with Crippen molar-refractivity contribution in [3.05, 3.63) is 29.8 Å². The van der Waals surface area contributed by atoms with Crippen molar-refractivity contribution in [1.82, 2.24) is 10.2 Å². The number of nitrogens with one attached hydrogen (secondary N) is 1. The van der Waals surface area contributed by atoms with Gasteiger partial charge in [0.2, 0.25) is 0 Å². The summed E-state index contributed by atoms with van der Waals surface area (Å²) in [4.78, 5) is 13.2. The minimum Gasteiger partial charge on any atom is -0.497 e. The third-order valence-corrected chi connectivity index (χ3v) is 3.30. The fourth-order valence-electron chi connectivity index (χ4n) is 1.76. The number of aliphatic hydroxyl groups is 1. The van der Waals surface area contributed by atoms with Crippen LogP contribution >= 0.6 is 0 Å².